The van der Waals surface area contributed by atoms with Crippen LogP contribution in [0.25, 0.3) is 6.08 Å². The van der Waals surface area contributed by atoms with Gasteiger partial charge < -0.3 is 20.1 Å². The number of hydrogen-bond acceptors (Lipinski definition) is 6. The molecule has 0 saturated heterocycles. The standard InChI is InChI=1S/C29H31IN4O4/c1-4-34(5-2)23-14-12-20(13-15-23)17-25(32-28(36)22-10-8-7-9-11-22)29(37)33-31-19-21-16-24(30)27(35)26(18-21)38-6-3/h7-19,35H,4-6H2,1-3H3,(H,32,36)(H,33,37). The number of hydrogen-bond donors (Lipinski definition) is 3. The first-order valence-corrected chi connectivity index (χ1v) is 13.4. The number of phenols is 1. The van der Waals surface area contributed by atoms with Crippen LogP contribution in [0, 0.1) is 3.57 Å². The van der Waals surface area contributed by atoms with Gasteiger partial charge in [0.05, 0.1) is 16.4 Å². The van der Waals surface area contributed by atoms with Crippen LogP contribution in [0.1, 0.15) is 42.3 Å². The lowest BCUT2D eigenvalue weighted by atomic mass is 10.1. The number of anilines is 1. The maximum atomic E-state index is 13.1. The van der Waals surface area contributed by atoms with Crippen molar-refractivity contribution < 1.29 is 19.4 Å². The maximum Gasteiger partial charge on any atom is 0.287 e. The van der Waals surface area contributed by atoms with Gasteiger partial charge in [-0.1, -0.05) is 30.3 Å². The van der Waals surface area contributed by atoms with E-state index in [1.165, 1.54) is 6.21 Å². The normalized spacial score (nSPS) is 11.3. The second-order valence-corrected chi connectivity index (χ2v) is 9.29. The van der Waals surface area contributed by atoms with Crippen molar-refractivity contribution in [1.29, 1.82) is 0 Å². The molecule has 0 fully saturated rings. The van der Waals surface area contributed by atoms with Gasteiger partial charge in [-0.2, -0.15) is 5.10 Å². The van der Waals surface area contributed by atoms with Crippen LogP contribution < -0.4 is 20.4 Å². The molecule has 0 bridgehead atoms. The zero-order chi connectivity index (χ0) is 27.5. The number of benzene rings is 3. The molecule has 0 saturated carbocycles. The molecule has 0 spiro atoms. The molecule has 3 aromatic rings. The van der Waals surface area contributed by atoms with Crippen LogP contribution in [0.5, 0.6) is 11.5 Å². The number of carbonyl (C=O) groups excluding carboxylic acids is 2. The van der Waals surface area contributed by atoms with Gasteiger partial charge in [0, 0.05) is 24.3 Å². The first kappa shape index (κ1) is 28.7. The molecule has 0 aliphatic carbocycles. The fraction of sp³-hybridized carbons (Fsp3) is 0.207. The molecule has 8 nitrogen and oxygen atoms in total. The van der Waals surface area contributed by atoms with Gasteiger partial charge in [0.2, 0.25) is 0 Å². The average molecular weight is 626 g/mol. The number of ether oxygens (including phenoxy) is 1. The second-order valence-electron chi connectivity index (χ2n) is 8.12. The summed E-state index contributed by atoms with van der Waals surface area (Å²) in [5.74, 6) is -0.618. The number of nitrogens with one attached hydrogen (secondary N) is 2. The summed E-state index contributed by atoms with van der Waals surface area (Å²) in [4.78, 5) is 28.1. The number of amides is 2. The van der Waals surface area contributed by atoms with Gasteiger partial charge >= 0.3 is 0 Å². The predicted molar refractivity (Wildman–Crippen MR) is 160 cm³/mol. The Morgan fingerprint density at radius 3 is 2.32 bits per heavy atom. The number of halogens is 1. The molecule has 0 radical (unpaired) electrons. The van der Waals surface area contributed by atoms with Crippen molar-refractivity contribution in [1.82, 2.24) is 10.7 Å². The third-order valence-electron chi connectivity index (χ3n) is 5.59. The van der Waals surface area contributed by atoms with Gasteiger partial charge in [-0.25, -0.2) is 5.43 Å². The van der Waals surface area contributed by atoms with E-state index in [1.54, 1.807) is 42.5 Å². The Morgan fingerprint density at radius 1 is 1.00 bits per heavy atom. The van der Waals surface area contributed by atoms with Gasteiger partial charge in [-0.3, -0.25) is 9.59 Å². The van der Waals surface area contributed by atoms with Crippen molar-refractivity contribution in [3.8, 4) is 11.5 Å². The molecule has 0 aromatic heterocycles. The summed E-state index contributed by atoms with van der Waals surface area (Å²) in [5.41, 5.74) is 5.39. The van der Waals surface area contributed by atoms with E-state index in [0.717, 1.165) is 24.3 Å². The molecule has 3 rings (SSSR count). The van der Waals surface area contributed by atoms with Gasteiger partial charge in [0.1, 0.15) is 5.70 Å². The summed E-state index contributed by atoms with van der Waals surface area (Å²) in [7, 11) is 0. The highest BCUT2D eigenvalue weighted by Gasteiger charge is 2.15. The highest BCUT2D eigenvalue weighted by molar-refractivity contribution is 14.1. The van der Waals surface area contributed by atoms with Crippen LogP contribution in [0.2, 0.25) is 0 Å². The molecule has 0 unspecified atom stereocenters. The Morgan fingerprint density at radius 2 is 1.68 bits per heavy atom. The zero-order valence-corrected chi connectivity index (χ0v) is 23.7. The van der Waals surface area contributed by atoms with E-state index in [1.807, 2.05) is 59.8 Å². The lowest BCUT2D eigenvalue weighted by Crippen LogP contribution is -2.32. The predicted octanol–water partition coefficient (Wildman–Crippen LogP) is 5.16. The monoisotopic (exact) mass is 626 g/mol. The molecule has 9 heteroatoms. The van der Waals surface area contributed by atoms with Crippen molar-refractivity contribution in [3.63, 3.8) is 0 Å². The van der Waals surface area contributed by atoms with E-state index >= 15 is 0 Å². The Balaban J connectivity index is 1.84. The van der Waals surface area contributed by atoms with Gasteiger partial charge in [-0.15, -0.1) is 0 Å². The quantitative estimate of drug-likeness (QED) is 0.118. The van der Waals surface area contributed by atoms with E-state index in [0.29, 0.717) is 27.1 Å². The van der Waals surface area contributed by atoms with Crippen LogP contribution in [0.15, 0.2) is 77.5 Å². The summed E-state index contributed by atoms with van der Waals surface area (Å²) in [6.45, 7) is 8.17. The third-order valence-corrected chi connectivity index (χ3v) is 6.41. The molecule has 0 aliphatic rings. The molecular formula is C29H31IN4O4. The molecule has 3 aromatic carbocycles. The Kier molecular flexibility index (Phi) is 10.7. The van der Waals surface area contributed by atoms with Crippen molar-refractivity contribution in [2.24, 2.45) is 5.10 Å². The van der Waals surface area contributed by atoms with E-state index in [2.05, 4.69) is 34.6 Å². The molecule has 2 amide bonds. The SMILES string of the molecule is CCOc1cc(C=NNC(=O)C(=Cc2ccc(N(CC)CC)cc2)NC(=O)c2ccccc2)cc(I)c1O. The van der Waals surface area contributed by atoms with Gasteiger partial charge in [0.25, 0.3) is 11.8 Å². The smallest absolute Gasteiger partial charge is 0.287 e. The summed E-state index contributed by atoms with van der Waals surface area (Å²) in [6.07, 6.45) is 3.05. The molecule has 0 atom stereocenters. The molecule has 0 aliphatic heterocycles. The Bertz CT molecular complexity index is 1300. The second kappa shape index (κ2) is 14.2. The lowest BCUT2D eigenvalue weighted by Gasteiger charge is -2.21. The van der Waals surface area contributed by atoms with Gasteiger partial charge in [-0.05, 0) is 97.0 Å². The third kappa shape index (κ3) is 7.82. The highest BCUT2D eigenvalue weighted by Crippen LogP contribution is 2.32. The number of phenolic OH excluding ortho intramolecular Hbond substituents is 1. The van der Waals surface area contributed by atoms with Crippen LogP contribution in [-0.2, 0) is 4.79 Å². The van der Waals surface area contributed by atoms with E-state index in [4.69, 9.17) is 4.74 Å². The molecule has 198 valence electrons. The molecule has 38 heavy (non-hydrogen) atoms. The number of carbonyl (C=O) groups is 2. The zero-order valence-electron chi connectivity index (χ0n) is 21.6. The van der Waals surface area contributed by atoms with E-state index in [9.17, 15) is 14.7 Å². The molecule has 0 heterocycles. The largest absolute Gasteiger partial charge is 0.504 e. The summed E-state index contributed by atoms with van der Waals surface area (Å²) in [5, 5.41) is 16.9. The minimum absolute atomic E-state index is 0.0434. The highest BCUT2D eigenvalue weighted by atomic mass is 127. The topological polar surface area (TPSA) is 103 Å². The lowest BCUT2D eigenvalue weighted by molar-refractivity contribution is -0.117. The van der Waals surface area contributed by atoms with Crippen molar-refractivity contribution in [2.75, 3.05) is 24.6 Å². The minimum atomic E-state index is -0.586. The van der Waals surface area contributed by atoms with Crippen LogP contribution >= 0.6 is 22.6 Å². The van der Waals surface area contributed by atoms with E-state index < -0.39 is 11.8 Å². The van der Waals surface area contributed by atoms with Crippen LogP contribution in [-0.4, -0.2) is 42.8 Å². The summed E-state index contributed by atoms with van der Waals surface area (Å²) >= 11 is 1.99. The number of hydrazone groups is 1. The summed E-state index contributed by atoms with van der Waals surface area (Å²) < 4.78 is 6.04. The van der Waals surface area contributed by atoms with Crippen LogP contribution in [0.3, 0.4) is 0 Å². The van der Waals surface area contributed by atoms with Gasteiger partial charge in [0.15, 0.2) is 11.5 Å². The molecular weight excluding hydrogens is 595 g/mol. The molecule has 3 N–H and O–H groups in total. The first-order valence-electron chi connectivity index (χ1n) is 12.3. The Labute approximate surface area is 236 Å². The Hall–Kier alpha value is -3.86. The fourth-order valence-electron chi connectivity index (χ4n) is 3.64. The fourth-order valence-corrected chi connectivity index (χ4v) is 4.26. The van der Waals surface area contributed by atoms with Crippen LogP contribution in [0.4, 0.5) is 5.69 Å². The number of nitrogens with zero attached hydrogens (tertiary/aromatic N) is 2. The van der Waals surface area contributed by atoms with Crippen molar-refractivity contribution in [3.05, 3.63) is 92.7 Å². The average Bonchev–Trinajstić information content (AvgIpc) is 2.93. The van der Waals surface area contributed by atoms with E-state index in [-0.39, 0.29) is 11.4 Å². The van der Waals surface area contributed by atoms with Crippen molar-refractivity contribution in [2.45, 2.75) is 20.8 Å². The minimum Gasteiger partial charge on any atom is -0.504 e. The summed E-state index contributed by atoms with van der Waals surface area (Å²) in [6, 6.07) is 19.7. The first-order chi connectivity index (χ1) is 18.4. The number of aromatic hydroxyl groups is 1. The maximum absolute atomic E-state index is 13.1. The number of rotatable bonds is 11. The van der Waals surface area contributed by atoms with Crippen molar-refractivity contribution >= 4 is 52.4 Å².